The number of rotatable bonds is 6. The van der Waals surface area contributed by atoms with Crippen molar-refractivity contribution >= 4 is 28.5 Å². The van der Waals surface area contributed by atoms with E-state index in [4.69, 9.17) is 16.6 Å². The van der Waals surface area contributed by atoms with Gasteiger partial charge in [0.15, 0.2) is 0 Å². The van der Waals surface area contributed by atoms with Gasteiger partial charge in [0.25, 0.3) is 5.91 Å². The number of carbonyl (C=O) groups is 1. The van der Waals surface area contributed by atoms with Crippen LogP contribution in [0.25, 0.3) is 11.0 Å². The molecule has 29 heavy (non-hydrogen) atoms. The first-order valence-electron chi connectivity index (χ1n) is 10.6. The van der Waals surface area contributed by atoms with Gasteiger partial charge in [0.05, 0.1) is 17.6 Å². The average molecular weight is 410 g/mol. The highest BCUT2D eigenvalue weighted by Crippen LogP contribution is 2.28. The summed E-state index contributed by atoms with van der Waals surface area (Å²) >= 11 is 6.25. The molecule has 4 rings (SSSR count). The third-order valence-electron chi connectivity index (χ3n) is 5.87. The van der Waals surface area contributed by atoms with Crippen molar-refractivity contribution in [2.45, 2.75) is 65.1 Å². The van der Waals surface area contributed by atoms with Gasteiger partial charge in [-0.2, -0.15) is 0 Å². The van der Waals surface area contributed by atoms with E-state index in [1.807, 2.05) is 54.3 Å². The van der Waals surface area contributed by atoms with Gasteiger partial charge in [0.2, 0.25) is 0 Å². The second-order valence-corrected chi connectivity index (χ2v) is 8.49. The van der Waals surface area contributed by atoms with Crippen LogP contribution < -0.4 is 0 Å². The molecule has 0 radical (unpaired) electrons. The van der Waals surface area contributed by atoms with E-state index < -0.39 is 0 Å². The lowest BCUT2D eigenvalue weighted by molar-refractivity contribution is 0.0656. The zero-order valence-electron chi connectivity index (χ0n) is 17.2. The fourth-order valence-corrected chi connectivity index (χ4v) is 4.50. The van der Waals surface area contributed by atoms with Gasteiger partial charge in [-0.1, -0.05) is 49.1 Å². The minimum Gasteiger partial charge on any atom is -0.328 e. The number of aryl methyl sites for hydroxylation is 2. The van der Waals surface area contributed by atoms with E-state index >= 15 is 0 Å². The molecule has 3 aromatic rings. The van der Waals surface area contributed by atoms with Crippen LogP contribution in [-0.2, 0) is 13.1 Å². The van der Waals surface area contributed by atoms with Crippen molar-refractivity contribution in [2.24, 2.45) is 0 Å². The van der Waals surface area contributed by atoms with Gasteiger partial charge in [0.1, 0.15) is 5.82 Å². The van der Waals surface area contributed by atoms with Crippen LogP contribution in [0.5, 0.6) is 0 Å². The Morgan fingerprint density at radius 2 is 1.90 bits per heavy atom. The van der Waals surface area contributed by atoms with E-state index in [2.05, 4.69) is 11.5 Å². The number of nitrogens with zero attached hydrogens (tertiary/aromatic N) is 3. The van der Waals surface area contributed by atoms with E-state index in [0.717, 1.165) is 53.8 Å². The third kappa shape index (κ3) is 4.18. The molecule has 0 atom stereocenters. The highest BCUT2D eigenvalue weighted by Gasteiger charge is 2.29. The molecule has 0 spiro atoms. The summed E-state index contributed by atoms with van der Waals surface area (Å²) in [5.41, 5.74) is 3.90. The quantitative estimate of drug-likeness (QED) is 0.501. The zero-order chi connectivity index (χ0) is 20.4. The number of hydrogen-bond acceptors (Lipinski definition) is 2. The fraction of sp³-hybridized carbons (Fsp3) is 0.417. The molecule has 1 heterocycles. The van der Waals surface area contributed by atoms with Crippen molar-refractivity contribution < 1.29 is 4.79 Å². The monoisotopic (exact) mass is 409 g/mol. The van der Waals surface area contributed by atoms with Gasteiger partial charge in [-0.25, -0.2) is 4.98 Å². The van der Waals surface area contributed by atoms with Crippen LogP contribution in [-0.4, -0.2) is 26.4 Å². The van der Waals surface area contributed by atoms with Gasteiger partial charge >= 0.3 is 0 Å². The molecule has 0 aliphatic heterocycles. The molecule has 1 aliphatic carbocycles. The van der Waals surface area contributed by atoms with E-state index in [1.54, 1.807) is 0 Å². The van der Waals surface area contributed by atoms with Crippen LogP contribution in [0.3, 0.4) is 0 Å². The summed E-state index contributed by atoms with van der Waals surface area (Å²) in [6.45, 7) is 5.60. The Morgan fingerprint density at radius 1 is 1.17 bits per heavy atom. The molecule has 0 saturated heterocycles. The number of carbonyl (C=O) groups excluding carboxylic acids is 1. The highest BCUT2D eigenvalue weighted by molar-refractivity contribution is 6.31. The van der Waals surface area contributed by atoms with Crippen molar-refractivity contribution in [1.29, 1.82) is 0 Å². The standard InChI is InChI=1S/C24H28ClN3O/c1-3-14-27-22-15-19(25)12-13-21(22)26-23(27)16-28(20-6-4-5-7-20)24(29)18-10-8-17(2)9-11-18/h8-13,15,20H,3-7,14,16H2,1-2H3. The molecule has 1 saturated carbocycles. The largest absolute Gasteiger partial charge is 0.328 e. The number of benzene rings is 2. The van der Waals surface area contributed by atoms with E-state index in [0.29, 0.717) is 11.6 Å². The third-order valence-corrected chi connectivity index (χ3v) is 6.11. The number of halogens is 1. The number of fused-ring (bicyclic) bond motifs is 1. The van der Waals surface area contributed by atoms with Crippen LogP contribution in [0.15, 0.2) is 42.5 Å². The number of hydrogen-bond donors (Lipinski definition) is 0. The summed E-state index contributed by atoms with van der Waals surface area (Å²) in [5, 5.41) is 0.713. The van der Waals surface area contributed by atoms with Crippen LogP contribution >= 0.6 is 11.6 Å². The first kappa shape index (κ1) is 20.0. The number of aromatic nitrogens is 2. The predicted molar refractivity (Wildman–Crippen MR) is 118 cm³/mol. The summed E-state index contributed by atoms with van der Waals surface area (Å²) in [6.07, 6.45) is 5.50. The lowest BCUT2D eigenvalue weighted by atomic mass is 10.1. The van der Waals surface area contributed by atoms with Gasteiger partial charge in [-0.15, -0.1) is 0 Å². The molecule has 1 aromatic heterocycles. The first-order valence-corrected chi connectivity index (χ1v) is 11.0. The van der Waals surface area contributed by atoms with Gasteiger partial charge in [-0.05, 0) is 56.5 Å². The SMILES string of the molecule is CCCn1c(CN(C(=O)c2ccc(C)cc2)C2CCCC2)nc2ccc(Cl)cc21. The van der Waals surface area contributed by atoms with Gasteiger partial charge in [-0.3, -0.25) is 4.79 Å². The van der Waals surface area contributed by atoms with E-state index in [9.17, 15) is 4.79 Å². The summed E-state index contributed by atoms with van der Waals surface area (Å²) in [7, 11) is 0. The van der Waals surface area contributed by atoms with Gasteiger partial charge in [0, 0.05) is 23.2 Å². The Labute approximate surface area is 177 Å². The van der Waals surface area contributed by atoms with Crippen molar-refractivity contribution in [3.63, 3.8) is 0 Å². The molecule has 5 heteroatoms. The molecule has 152 valence electrons. The minimum absolute atomic E-state index is 0.102. The smallest absolute Gasteiger partial charge is 0.254 e. The summed E-state index contributed by atoms with van der Waals surface area (Å²) in [6, 6.07) is 14.0. The van der Waals surface area contributed by atoms with Crippen molar-refractivity contribution in [1.82, 2.24) is 14.5 Å². The van der Waals surface area contributed by atoms with Crippen molar-refractivity contribution in [2.75, 3.05) is 0 Å². The first-order chi connectivity index (χ1) is 14.1. The molecule has 0 unspecified atom stereocenters. The van der Waals surface area contributed by atoms with Crippen molar-refractivity contribution in [3.05, 3.63) is 64.4 Å². The number of amides is 1. The molecular weight excluding hydrogens is 382 g/mol. The summed E-state index contributed by atoms with van der Waals surface area (Å²) < 4.78 is 2.23. The molecule has 1 fully saturated rings. The summed E-state index contributed by atoms with van der Waals surface area (Å²) in [5.74, 6) is 1.04. The molecule has 1 amide bonds. The van der Waals surface area contributed by atoms with Crippen LogP contribution in [0.1, 0.15) is 60.8 Å². The zero-order valence-corrected chi connectivity index (χ0v) is 18.0. The molecule has 0 bridgehead atoms. The number of imidazole rings is 1. The normalized spacial score (nSPS) is 14.6. The molecular formula is C24H28ClN3O. The maximum atomic E-state index is 13.5. The Hall–Kier alpha value is -2.33. The van der Waals surface area contributed by atoms with E-state index in [-0.39, 0.29) is 11.9 Å². The molecule has 0 N–H and O–H groups in total. The lowest BCUT2D eigenvalue weighted by Crippen LogP contribution is -2.39. The second-order valence-electron chi connectivity index (χ2n) is 8.05. The lowest BCUT2D eigenvalue weighted by Gasteiger charge is -2.29. The maximum Gasteiger partial charge on any atom is 0.254 e. The maximum absolute atomic E-state index is 13.5. The molecule has 1 aliphatic rings. The Kier molecular flexibility index (Phi) is 5.91. The Balaban J connectivity index is 1.71. The van der Waals surface area contributed by atoms with Crippen LogP contribution in [0.2, 0.25) is 5.02 Å². The van der Waals surface area contributed by atoms with Gasteiger partial charge < -0.3 is 9.47 Å². The molecule has 4 nitrogen and oxygen atoms in total. The predicted octanol–water partition coefficient (Wildman–Crippen LogP) is 5.99. The van der Waals surface area contributed by atoms with Crippen molar-refractivity contribution in [3.8, 4) is 0 Å². The highest BCUT2D eigenvalue weighted by atomic mass is 35.5. The fourth-order valence-electron chi connectivity index (χ4n) is 4.34. The Morgan fingerprint density at radius 3 is 2.59 bits per heavy atom. The minimum atomic E-state index is 0.102. The molecule has 2 aromatic carbocycles. The second kappa shape index (κ2) is 8.58. The van der Waals surface area contributed by atoms with E-state index in [1.165, 1.54) is 12.8 Å². The van der Waals surface area contributed by atoms with Crippen LogP contribution in [0, 0.1) is 6.92 Å². The summed E-state index contributed by atoms with van der Waals surface area (Å²) in [4.78, 5) is 20.4. The van der Waals surface area contributed by atoms with Crippen LogP contribution in [0.4, 0.5) is 0 Å². The Bertz CT molecular complexity index is 1000. The topological polar surface area (TPSA) is 38.1 Å². The average Bonchev–Trinajstić information content (AvgIpc) is 3.35.